The fourth-order valence-electron chi connectivity index (χ4n) is 2.15. The summed E-state index contributed by atoms with van der Waals surface area (Å²) in [6, 6.07) is 20.1. The fourth-order valence-corrected chi connectivity index (χ4v) is 2.28. The lowest BCUT2D eigenvalue weighted by atomic mass is 10.00. The summed E-state index contributed by atoms with van der Waals surface area (Å²) in [7, 11) is 0. The molecule has 0 spiro atoms. The van der Waals surface area contributed by atoms with Crippen LogP contribution in [0.1, 0.15) is 0 Å². The molecular formula is C16H12ClN. The fraction of sp³-hybridized carbons (Fsp3) is 0. The molecule has 0 atom stereocenters. The first-order valence-electron chi connectivity index (χ1n) is 5.78. The molecule has 0 amide bonds. The highest BCUT2D eigenvalue weighted by Crippen LogP contribution is 2.29. The molecule has 3 aromatic rings. The Morgan fingerprint density at radius 3 is 2.28 bits per heavy atom. The van der Waals surface area contributed by atoms with Gasteiger partial charge in [-0.1, -0.05) is 48.0 Å². The monoisotopic (exact) mass is 253 g/mol. The summed E-state index contributed by atoms with van der Waals surface area (Å²) in [5.41, 5.74) is 9.14. The molecule has 0 aromatic heterocycles. The minimum atomic E-state index is 0.743. The lowest BCUT2D eigenvalue weighted by molar-refractivity contribution is 1.64. The Labute approximate surface area is 111 Å². The zero-order valence-corrected chi connectivity index (χ0v) is 10.5. The summed E-state index contributed by atoms with van der Waals surface area (Å²) >= 11 is 5.90. The zero-order valence-electron chi connectivity index (χ0n) is 9.73. The van der Waals surface area contributed by atoms with Crippen molar-refractivity contribution in [3.63, 3.8) is 0 Å². The van der Waals surface area contributed by atoms with Crippen LogP contribution in [0.15, 0.2) is 60.7 Å². The van der Waals surface area contributed by atoms with E-state index in [1.807, 2.05) is 48.5 Å². The Hall–Kier alpha value is -1.99. The van der Waals surface area contributed by atoms with Gasteiger partial charge in [-0.15, -0.1) is 0 Å². The molecule has 3 rings (SSSR count). The molecular weight excluding hydrogens is 242 g/mol. The molecule has 18 heavy (non-hydrogen) atoms. The van der Waals surface area contributed by atoms with Crippen LogP contribution in [0.5, 0.6) is 0 Å². The van der Waals surface area contributed by atoms with Gasteiger partial charge in [0.25, 0.3) is 0 Å². The second-order valence-corrected chi connectivity index (χ2v) is 4.73. The van der Waals surface area contributed by atoms with Gasteiger partial charge in [0.2, 0.25) is 0 Å². The number of halogens is 1. The predicted octanol–water partition coefficient (Wildman–Crippen LogP) is 4.74. The number of hydrogen-bond acceptors (Lipinski definition) is 1. The van der Waals surface area contributed by atoms with Crippen molar-refractivity contribution in [3.05, 3.63) is 65.7 Å². The lowest BCUT2D eigenvalue weighted by Crippen LogP contribution is -1.88. The van der Waals surface area contributed by atoms with Gasteiger partial charge in [0.1, 0.15) is 0 Å². The van der Waals surface area contributed by atoms with Crippen LogP contribution in [0.25, 0.3) is 21.9 Å². The van der Waals surface area contributed by atoms with Crippen molar-refractivity contribution in [3.8, 4) is 11.1 Å². The molecule has 0 saturated carbocycles. The van der Waals surface area contributed by atoms with E-state index in [1.165, 1.54) is 0 Å². The zero-order chi connectivity index (χ0) is 12.5. The number of benzene rings is 3. The summed E-state index contributed by atoms with van der Waals surface area (Å²) in [5.74, 6) is 0. The van der Waals surface area contributed by atoms with Crippen molar-refractivity contribution in [2.45, 2.75) is 0 Å². The molecule has 0 saturated heterocycles. The molecule has 0 aliphatic heterocycles. The average molecular weight is 254 g/mol. The van der Waals surface area contributed by atoms with E-state index in [2.05, 4.69) is 12.1 Å². The minimum absolute atomic E-state index is 0.743. The molecule has 0 aliphatic rings. The molecule has 0 unspecified atom stereocenters. The van der Waals surface area contributed by atoms with Crippen LogP contribution >= 0.6 is 11.6 Å². The molecule has 0 aliphatic carbocycles. The molecule has 0 bridgehead atoms. The molecule has 1 nitrogen and oxygen atoms in total. The second kappa shape index (κ2) is 4.35. The smallest absolute Gasteiger partial charge is 0.0406 e. The second-order valence-electron chi connectivity index (χ2n) is 4.29. The van der Waals surface area contributed by atoms with Crippen molar-refractivity contribution in [1.29, 1.82) is 0 Å². The van der Waals surface area contributed by atoms with Gasteiger partial charge in [0.05, 0.1) is 0 Å². The van der Waals surface area contributed by atoms with Gasteiger partial charge < -0.3 is 5.73 Å². The van der Waals surface area contributed by atoms with Crippen LogP contribution in [0, 0.1) is 0 Å². The van der Waals surface area contributed by atoms with Gasteiger partial charge in [-0.3, -0.25) is 0 Å². The molecule has 0 radical (unpaired) electrons. The number of rotatable bonds is 1. The number of fused-ring (bicyclic) bond motifs is 1. The van der Waals surface area contributed by atoms with Crippen LogP contribution in [-0.2, 0) is 0 Å². The van der Waals surface area contributed by atoms with E-state index in [1.54, 1.807) is 0 Å². The summed E-state index contributed by atoms with van der Waals surface area (Å²) in [4.78, 5) is 0. The Kier molecular flexibility index (Phi) is 2.69. The van der Waals surface area contributed by atoms with Gasteiger partial charge in [0.15, 0.2) is 0 Å². The van der Waals surface area contributed by atoms with Gasteiger partial charge in [-0.2, -0.15) is 0 Å². The topological polar surface area (TPSA) is 26.0 Å². The molecule has 2 heteroatoms. The minimum Gasteiger partial charge on any atom is -0.398 e. The van der Waals surface area contributed by atoms with Gasteiger partial charge in [0, 0.05) is 16.1 Å². The van der Waals surface area contributed by atoms with Crippen LogP contribution in [0.4, 0.5) is 5.69 Å². The van der Waals surface area contributed by atoms with Crippen molar-refractivity contribution in [2.75, 3.05) is 5.73 Å². The van der Waals surface area contributed by atoms with Gasteiger partial charge >= 0.3 is 0 Å². The Morgan fingerprint density at radius 1 is 0.778 bits per heavy atom. The first kappa shape index (κ1) is 11.1. The van der Waals surface area contributed by atoms with E-state index in [9.17, 15) is 0 Å². The highest BCUT2D eigenvalue weighted by molar-refractivity contribution is 6.30. The molecule has 88 valence electrons. The number of hydrogen-bond donors (Lipinski definition) is 1. The van der Waals surface area contributed by atoms with Crippen LogP contribution in [-0.4, -0.2) is 0 Å². The maximum Gasteiger partial charge on any atom is 0.0406 e. The maximum atomic E-state index is 6.10. The first-order valence-corrected chi connectivity index (χ1v) is 6.16. The quantitative estimate of drug-likeness (QED) is 0.623. The van der Waals surface area contributed by atoms with E-state index >= 15 is 0 Å². The summed E-state index contributed by atoms with van der Waals surface area (Å²) < 4.78 is 0. The maximum absolute atomic E-state index is 6.10. The molecule has 2 N–H and O–H groups in total. The molecule has 0 heterocycles. The number of anilines is 1. The molecule has 0 fully saturated rings. The summed E-state index contributed by atoms with van der Waals surface area (Å²) in [6.45, 7) is 0. The Bertz CT molecular complexity index is 702. The van der Waals surface area contributed by atoms with Crippen molar-refractivity contribution >= 4 is 28.1 Å². The summed E-state index contributed by atoms with van der Waals surface area (Å²) in [6.07, 6.45) is 0. The van der Waals surface area contributed by atoms with Gasteiger partial charge in [-0.25, -0.2) is 0 Å². The Balaban J connectivity index is 2.21. The standard InChI is InChI=1S/C16H12ClN/c17-14-7-5-11(6-8-14)13-9-12-3-1-2-4-15(12)16(18)10-13/h1-10H,18H2. The van der Waals surface area contributed by atoms with Crippen molar-refractivity contribution < 1.29 is 0 Å². The highest BCUT2D eigenvalue weighted by Gasteiger charge is 2.03. The Morgan fingerprint density at radius 2 is 1.50 bits per heavy atom. The van der Waals surface area contributed by atoms with E-state index in [0.29, 0.717) is 0 Å². The van der Waals surface area contributed by atoms with Crippen LogP contribution < -0.4 is 5.73 Å². The third-order valence-electron chi connectivity index (χ3n) is 3.07. The van der Waals surface area contributed by atoms with Crippen molar-refractivity contribution in [2.24, 2.45) is 0 Å². The number of nitrogen functional groups attached to an aromatic ring is 1. The normalized spacial score (nSPS) is 10.7. The van der Waals surface area contributed by atoms with E-state index in [4.69, 9.17) is 17.3 Å². The van der Waals surface area contributed by atoms with Gasteiger partial charge in [-0.05, 0) is 40.8 Å². The lowest BCUT2D eigenvalue weighted by Gasteiger charge is -2.07. The first-order chi connectivity index (χ1) is 8.74. The molecule has 3 aromatic carbocycles. The van der Waals surface area contributed by atoms with Crippen molar-refractivity contribution in [1.82, 2.24) is 0 Å². The van der Waals surface area contributed by atoms with E-state index < -0.39 is 0 Å². The van der Waals surface area contributed by atoms with E-state index in [-0.39, 0.29) is 0 Å². The van der Waals surface area contributed by atoms with Crippen LogP contribution in [0.3, 0.4) is 0 Å². The SMILES string of the molecule is Nc1cc(-c2ccc(Cl)cc2)cc2ccccc12. The third kappa shape index (κ3) is 1.93. The third-order valence-corrected chi connectivity index (χ3v) is 3.32. The number of nitrogens with two attached hydrogens (primary N) is 1. The highest BCUT2D eigenvalue weighted by atomic mass is 35.5. The average Bonchev–Trinajstić information content (AvgIpc) is 2.39. The predicted molar refractivity (Wildman–Crippen MR) is 78.8 cm³/mol. The van der Waals surface area contributed by atoms with Crippen LogP contribution in [0.2, 0.25) is 5.02 Å². The largest absolute Gasteiger partial charge is 0.398 e. The summed E-state index contributed by atoms with van der Waals surface area (Å²) in [5, 5.41) is 2.99. The van der Waals surface area contributed by atoms with E-state index in [0.717, 1.165) is 32.6 Å².